The Labute approximate surface area is 161 Å². The van der Waals surface area contributed by atoms with E-state index in [1.54, 1.807) is 19.3 Å². The van der Waals surface area contributed by atoms with Crippen LogP contribution in [0.15, 0.2) is 0 Å². The van der Waals surface area contributed by atoms with E-state index in [4.69, 9.17) is 29.5 Å². The van der Waals surface area contributed by atoms with Crippen molar-refractivity contribution in [1.29, 1.82) is 0 Å². The Kier molecular flexibility index (Phi) is 6.83. The molecule has 0 N–H and O–H groups in total. The van der Waals surface area contributed by atoms with Crippen LogP contribution in [0.2, 0.25) is 0 Å². The first-order chi connectivity index (χ1) is 10.9. The maximum absolute atomic E-state index is 4.95. The van der Waals surface area contributed by atoms with Gasteiger partial charge < -0.3 is 20.2 Å². The Balaban J connectivity index is 0.000000354. The molecule has 23 heavy (non-hydrogen) atoms. The molecule has 5 saturated carbocycles. The average Bonchev–Trinajstić information content (AvgIpc) is 2.83. The van der Waals surface area contributed by atoms with E-state index in [9.17, 15) is 0 Å². The zero-order chi connectivity index (χ0) is 16.5. The summed E-state index contributed by atoms with van der Waals surface area (Å²) >= 11 is -1.77. The van der Waals surface area contributed by atoms with Gasteiger partial charge in [-0.15, -0.1) is 5.41 Å². The Bertz CT molecular complexity index is 394. The minimum absolute atomic E-state index is 0.445. The molecule has 5 aliphatic rings. The van der Waals surface area contributed by atoms with Gasteiger partial charge in [-0.3, -0.25) is 0 Å². The molecule has 5 fully saturated rings. The summed E-state index contributed by atoms with van der Waals surface area (Å²) in [7, 11) is 16.3. The molecule has 0 aromatic heterocycles. The van der Waals surface area contributed by atoms with Crippen molar-refractivity contribution in [2.24, 2.45) is 28.6 Å². The van der Waals surface area contributed by atoms with Crippen molar-refractivity contribution in [3.63, 3.8) is 0 Å². The molecular formula is C18H27Cl3PV-2. The molecule has 0 radical (unpaired) electrons. The zero-order valence-electron chi connectivity index (χ0n) is 13.9. The predicted octanol–water partition coefficient (Wildman–Crippen LogP) is 7.64. The van der Waals surface area contributed by atoms with Crippen LogP contribution in [-0.4, -0.2) is 5.80 Å². The molecule has 5 rings (SSSR count). The Hall–Kier alpha value is 1.62. The zero-order valence-corrected chi connectivity index (χ0v) is 18.5. The third kappa shape index (κ3) is 5.31. The molecule has 0 aliphatic heterocycles. The van der Waals surface area contributed by atoms with Crippen molar-refractivity contribution in [2.45, 2.75) is 71.1 Å². The van der Waals surface area contributed by atoms with Gasteiger partial charge in [0.25, 0.3) is 0 Å². The van der Waals surface area contributed by atoms with Crippen LogP contribution in [0, 0.1) is 34.7 Å². The van der Waals surface area contributed by atoms with Gasteiger partial charge in [-0.25, -0.2) is 0 Å². The van der Waals surface area contributed by atoms with Crippen LogP contribution in [0.25, 0.3) is 0 Å². The van der Waals surface area contributed by atoms with Crippen LogP contribution >= 0.6 is 37.7 Å². The van der Waals surface area contributed by atoms with Crippen LogP contribution in [0.3, 0.4) is 0 Å². The van der Waals surface area contributed by atoms with Crippen LogP contribution in [0.1, 0.15) is 71.1 Å². The molecule has 0 nitrogen and oxygen atoms in total. The first kappa shape index (κ1) is 19.4. The summed E-state index contributed by atoms with van der Waals surface area (Å²) in [6, 6.07) is 0. The van der Waals surface area contributed by atoms with Gasteiger partial charge in [0.15, 0.2) is 0 Å². The second-order valence-electron chi connectivity index (χ2n) is 8.61. The quantitative estimate of drug-likeness (QED) is 0.318. The van der Waals surface area contributed by atoms with Crippen LogP contribution in [-0.2, 0) is 12.3 Å². The van der Waals surface area contributed by atoms with Gasteiger partial charge in [-0.1, -0.05) is 51.9 Å². The minimum atomic E-state index is -1.77. The maximum atomic E-state index is 4.95. The molecular weight excluding hydrogens is 404 g/mol. The molecule has 5 heteroatoms. The topological polar surface area (TPSA) is 0 Å². The monoisotopic (exact) mass is 430 g/mol. The van der Waals surface area contributed by atoms with Crippen LogP contribution < -0.4 is 0 Å². The van der Waals surface area contributed by atoms with E-state index in [0.29, 0.717) is 10.8 Å². The molecule has 4 bridgehead atoms. The summed E-state index contributed by atoms with van der Waals surface area (Å²) in [5.41, 5.74) is 1.08. The molecule has 0 unspecified atom stereocenters. The van der Waals surface area contributed by atoms with E-state index in [1.165, 1.54) is 53.2 Å². The standard InChI is InChI=1S/C18H27P.3ClH.V/c1-17(4-2-3-5-17)12-19-13-18-9-14-6-15(10-18)8-16(7-14)11-18;;;;/h13-16H,2-11H2,1H3;3*1H;/q-2;;;;+3/p-3. The van der Waals surface area contributed by atoms with Gasteiger partial charge >= 0.3 is 41.8 Å². The Morgan fingerprint density at radius 3 is 1.83 bits per heavy atom. The van der Waals surface area contributed by atoms with E-state index < -0.39 is 12.3 Å². The van der Waals surface area contributed by atoms with Gasteiger partial charge in [-0.2, -0.15) is 5.41 Å². The SMILES string of the molecule is CC1([C-]=P[CH-]C23CC4CC(CC(C4)C2)C3)CCCC1.[Cl][V]([Cl])[Cl]. The van der Waals surface area contributed by atoms with E-state index in [-0.39, 0.29) is 0 Å². The second kappa shape index (κ2) is 8.11. The van der Waals surface area contributed by atoms with Crippen LogP contribution in [0.4, 0.5) is 0 Å². The fourth-order valence-electron chi connectivity index (χ4n) is 5.93. The number of halogens is 3. The van der Waals surface area contributed by atoms with Crippen molar-refractivity contribution >= 4 is 43.5 Å². The molecule has 0 aromatic rings. The van der Waals surface area contributed by atoms with Crippen LogP contribution in [0.5, 0.6) is 0 Å². The normalized spacial score (nSPS) is 40.7. The summed E-state index contributed by atoms with van der Waals surface area (Å²) in [5, 5.41) is 0. The Morgan fingerprint density at radius 2 is 1.39 bits per heavy atom. The fraction of sp³-hybridized carbons (Fsp3) is 0.889. The summed E-state index contributed by atoms with van der Waals surface area (Å²) in [6.07, 6.45) is 17.6. The number of hydrogen-bond acceptors (Lipinski definition) is 0. The summed E-state index contributed by atoms with van der Waals surface area (Å²) in [4.78, 5) is 0. The van der Waals surface area contributed by atoms with Crippen molar-refractivity contribution < 1.29 is 12.3 Å². The van der Waals surface area contributed by atoms with Gasteiger partial charge in [-0.05, 0) is 37.0 Å². The molecule has 5 aliphatic carbocycles. The predicted molar refractivity (Wildman–Crippen MR) is 101 cm³/mol. The summed E-state index contributed by atoms with van der Waals surface area (Å²) < 4.78 is 0. The molecule has 0 amide bonds. The van der Waals surface area contributed by atoms with E-state index >= 15 is 0 Å². The van der Waals surface area contributed by atoms with Crippen molar-refractivity contribution in [3.8, 4) is 0 Å². The van der Waals surface area contributed by atoms with Gasteiger partial charge in [0.1, 0.15) is 0 Å². The molecule has 0 spiro atoms. The van der Waals surface area contributed by atoms with E-state index in [0.717, 1.165) is 17.8 Å². The van der Waals surface area contributed by atoms with E-state index in [2.05, 4.69) is 18.9 Å². The third-order valence-corrected chi connectivity index (χ3v) is 7.81. The van der Waals surface area contributed by atoms with Crippen molar-refractivity contribution in [1.82, 2.24) is 0 Å². The molecule has 0 atom stereocenters. The molecule has 0 saturated heterocycles. The van der Waals surface area contributed by atoms with Gasteiger partial charge in [0, 0.05) is 0 Å². The molecule has 0 heterocycles. The van der Waals surface area contributed by atoms with E-state index in [1.807, 2.05) is 0 Å². The summed E-state index contributed by atoms with van der Waals surface area (Å²) in [5.74, 6) is 7.10. The molecule has 0 aromatic carbocycles. The van der Waals surface area contributed by atoms with Gasteiger partial charge in [0.2, 0.25) is 0 Å². The first-order valence-electron chi connectivity index (χ1n) is 8.97. The second-order valence-corrected chi connectivity index (χ2v) is 16.3. The summed E-state index contributed by atoms with van der Waals surface area (Å²) in [6.45, 7) is 2.43. The number of rotatable bonds is 3. The van der Waals surface area contributed by atoms with Gasteiger partial charge in [0.05, 0.1) is 0 Å². The third-order valence-electron chi connectivity index (χ3n) is 6.47. The average molecular weight is 432 g/mol. The Morgan fingerprint density at radius 1 is 0.957 bits per heavy atom. The van der Waals surface area contributed by atoms with Crippen molar-refractivity contribution in [3.05, 3.63) is 6.16 Å². The molecule has 132 valence electrons. The van der Waals surface area contributed by atoms with Crippen molar-refractivity contribution in [2.75, 3.05) is 0 Å². The fourth-order valence-corrected chi connectivity index (χ4v) is 7.12. The number of hydrogen-bond donors (Lipinski definition) is 0. The first-order valence-corrected chi connectivity index (χ1v) is 15.7.